The number of amides is 1. The van der Waals surface area contributed by atoms with Gasteiger partial charge in [-0.2, -0.15) is 0 Å². The van der Waals surface area contributed by atoms with Crippen molar-refractivity contribution in [1.29, 1.82) is 0 Å². The maximum absolute atomic E-state index is 13.6. The fourth-order valence-corrected chi connectivity index (χ4v) is 4.00. The molecule has 0 aromatic heterocycles. The summed E-state index contributed by atoms with van der Waals surface area (Å²) >= 11 is -1.34. The number of carbonyl (C=O) groups excluding carboxylic acids is 1. The molecule has 1 saturated carbocycles. The molecular formula is C19H21FN2O2S. The number of hydrogen-bond donors (Lipinski definition) is 2. The highest BCUT2D eigenvalue weighted by molar-refractivity contribution is 7.89. The molecule has 2 aromatic carbocycles. The second-order valence-corrected chi connectivity index (χ2v) is 7.56. The first-order valence-corrected chi connectivity index (χ1v) is 9.53. The number of rotatable bonds is 5. The third-order valence-corrected chi connectivity index (χ3v) is 5.60. The van der Waals surface area contributed by atoms with Crippen LogP contribution in [0.4, 0.5) is 10.1 Å². The molecule has 1 fully saturated rings. The van der Waals surface area contributed by atoms with Gasteiger partial charge in [0.1, 0.15) is 5.82 Å². The Morgan fingerprint density at radius 2 is 1.96 bits per heavy atom. The van der Waals surface area contributed by atoms with E-state index in [1.54, 1.807) is 43.3 Å². The first-order chi connectivity index (χ1) is 12.0. The topological polar surface area (TPSA) is 64.2 Å². The molecule has 1 aliphatic rings. The van der Waals surface area contributed by atoms with Crippen molar-refractivity contribution in [2.75, 3.05) is 5.32 Å². The van der Waals surface area contributed by atoms with E-state index in [1.165, 1.54) is 6.07 Å². The van der Waals surface area contributed by atoms with E-state index in [9.17, 15) is 13.7 Å². The molecule has 0 saturated heterocycles. The van der Waals surface area contributed by atoms with Gasteiger partial charge in [-0.3, -0.25) is 4.79 Å². The van der Waals surface area contributed by atoms with Crippen molar-refractivity contribution in [3.63, 3.8) is 0 Å². The zero-order chi connectivity index (χ0) is 17.8. The number of carbonyl (C=O) groups is 1. The van der Waals surface area contributed by atoms with E-state index in [2.05, 4.69) is 10.0 Å². The van der Waals surface area contributed by atoms with Gasteiger partial charge in [0.2, 0.25) is 0 Å². The van der Waals surface area contributed by atoms with E-state index in [4.69, 9.17) is 0 Å². The minimum atomic E-state index is -1.34. The highest BCUT2D eigenvalue weighted by Gasteiger charge is 2.22. The zero-order valence-electron chi connectivity index (χ0n) is 14.0. The quantitative estimate of drug-likeness (QED) is 0.794. The van der Waals surface area contributed by atoms with Gasteiger partial charge in [0.05, 0.1) is 17.4 Å². The Morgan fingerprint density at radius 1 is 1.20 bits per heavy atom. The molecule has 6 heteroatoms. The summed E-state index contributed by atoms with van der Waals surface area (Å²) < 4.78 is 29.1. The molecular weight excluding hydrogens is 339 g/mol. The fraction of sp³-hybridized carbons (Fsp3) is 0.316. The Labute approximate surface area is 150 Å². The lowest BCUT2D eigenvalue weighted by Crippen LogP contribution is -2.32. The van der Waals surface area contributed by atoms with Crippen LogP contribution < -0.4 is 10.0 Å². The van der Waals surface area contributed by atoms with E-state index in [0.29, 0.717) is 21.7 Å². The molecule has 0 aliphatic heterocycles. The van der Waals surface area contributed by atoms with Crippen LogP contribution in [-0.4, -0.2) is 16.5 Å². The summed E-state index contributed by atoms with van der Waals surface area (Å²) in [6.45, 7) is 1.66. The van der Waals surface area contributed by atoms with E-state index in [-0.39, 0.29) is 17.8 Å². The maximum atomic E-state index is 13.6. The molecule has 0 bridgehead atoms. The number of halogens is 1. The lowest BCUT2D eigenvalue weighted by atomic mass is 10.2. The zero-order valence-corrected chi connectivity index (χ0v) is 14.9. The molecule has 1 amide bonds. The summed E-state index contributed by atoms with van der Waals surface area (Å²) in [6.07, 6.45) is 4.38. The third kappa shape index (κ3) is 4.60. The van der Waals surface area contributed by atoms with Gasteiger partial charge in [0.25, 0.3) is 5.91 Å². The van der Waals surface area contributed by atoms with Crippen LogP contribution in [0.15, 0.2) is 47.4 Å². The summed E-state index contributed by atoms with van der Waals surface area (Å²) in [5.41, 5.74) is 1.30. The Morgan fingerprint density at radius 3 is 2.68 bits per heavy atom. The number of aryl methyl sites for hydroxylation is 1. The van der Waals surface area contributed by atoms with Crippen molar-refractivity contribution < 1.29 is 13.7 Å². The molecule has 1 aliphatic carbocycles. The SMILES string of the molecule is Cc1ccc(NC(=O)c2cccc([S+]([O-])NC3CCCC3)c2)cc1F. The maximum Gasteiger partial charge on any atom is 0.255 e. The summed E-state index contributed by atoms with van der Waals surface area (Å²) in [6, 6.07) is 11.5. The number of nitrogens with one attached hydrogen (secondary N) is 2. The smallest absolute Gasteiger partial charge is 0.255 e. The van der Waals surface area contributed by atoms with Gasteiger partial charge in [-0.1, -0.05) is 25.0 Å². The largest absolute Gasteiger partial charge is 0.593 e. The normalized spacial score (nSPS) is 16.0. The standard InChI is InChI=1S/C19H21FN2O2S/c1-13-9-10-16(12-18(13)20)21-19(23)14-5-4-8-17(11-14)25(24)22-15-6-2-3-7-15/h4-5,8-12,15,22H,2-3,6-7H2,1H3,(H,21,23). The van der Waals surface area contributed by atoms with Gasteiger partial charge >= 0.3 is 0 Å². The van der Waals surface area contributed by atoms with Crippen molar-refractivity contribution in [2.45, 2.75) is 43.5 Å². The van der Waals surface area contributed by atoms with Crippen molar-refractivity contribution >= 4 is 23.0 Å². The highest BCUT2D eigenvalue weighted by Crippen LogP contribution is 2.21. The van der Waals surface area contributed by atoms with Crippen molar-refractivity contribution in [3.8, 4) is 0 Å². The Kier molecular flexibility index (Phi) is 5.73. The lowest BCUT2D eigenvalue weighted by molar-refractivity contribution is 0.102. The monoisotopic (exact) mass is 360 g/mol. The Hall–Kier alpha value is -1.89. The summed E-state index contributed by atoms with van der Waals surface area (Å²) in [5.74, 6) is -0.726. The highest BCUT2D eigenvalue weighted by atomic mass is 32.2. The van der Waals surface area contributed by atoms with Gasteiger partial charge in [-0.15, -0.1) is 4.72 Å². The van der Waals surface area contributed by atoms with Crippen LogP contribution in [0.1, 0.15) is 41.6 Å². The van der Waals surface area contributed by atoms with Gasteiger partial charge < -0.3 is 9.87 Å². The van der Waals surface area contributed by atoms with Crippen molar-refractivity contribution in [2.24, 2.45) is 0 Å². The molecule has 2 aromatic rings. The second-order valence-electron chi connectivity index (χ2n) is 6.31. The fourth-order valence-electron chi connectivity index (χ4n) is 2.89. The third-order valence-electron chi connectivity index (χ3n) is 4.37. The predicted octanol–water partition coefficient (Wildman–Crippen LogP) is 3.94. The number of hydrogen-bond acceptors (Lipinski definition) is 3. The van der Waals surface area contributed by atoms with Crippen molar-refractivity contribution in [3.05, 3.63) is 59.4 Å². The molecule has 0 radical (unpaired) electrons. The second kappa shape index (κ2) is 7.99. The minimum Gasteiger partial charge on any atom is -0.593 e. The molecule has 132 valence electrons. The van der Waals surface area contributed by atoms with E-state index in [1.807, 2.05) is 0 Å². The molecule has 1 unspecified atom stereocenters. The molecule has 1 atom stereocenters. The Balaban J connectivity index is 1.69. The van der Waals surface area contributed by atoms with Gasteiger partial charge in [0, 0.05) is 17.3 Å². The average Bonchev–Trinajstić information content (AvgIpc) is 3.11. The van der Waals surface area contributed by atoms with Gasteiger partial charge in [-0.05, 0) is 49.6 Å². The van der Waals surface area contributed by atoms with E-state index >= 15 is 0 Å². The van der Waals surface area contributed by atoms with E-state index < -0.39 is 11.4 Å². The van der Waals surface area contributed by atoms with Crippen molar-refractivity contribution in [1.82, 2.24) is 4.72 Å². The van der Waals surface area contributed by atoms with Crippen LogP contribution in [0.5, 0.6) is 0 Å². The molecule has 25 heavy (non-hydrogen) atoms. The van der Waals surface area contributed by atoms with E-state index in [0.717, 1.165) is 25.7 Å². The molecule has 3 rings (SSSR count). The first-order valence-electron chi connectivity index (χ1n) is 8.38. The van der Waals surface area contributed by atoms with Crippen LogP contribution in [-0.2, 0) is 11.4 Å². The van der Waals surface area contributed by atoms with Crippen LogP contribution in [0, 0.1) is 12.7 Å². The van der Waals surface area contributed by atoms with Crippen LogP contribution in [0.3, 0.4) is 0 Å². The molecule has 4 nitrogen and oxygen atoms in total. The minimum absolute atomic E-state index is 0.272. The summed E-state index contributed by atoms with van der Waals surface area (Å²) in [5, 5.41) is 2.67. The van der Waals surface area contributed by atoms with Crippen LogP contribution in [0.2, 0.25) is 0 Å². The Bertz CT molecular complexity index is 763. The summed E-state index contributed by atoms with van der Waals surface area (Å²) in [7, 11) is 0. The summed E-state index contributed by atoms with van der Waals surface area (Å²) in [4.78, 5) is 12.9. The average molecular weight is 360 g/mol. The molecule has 0 spiro atoms. The van der Waals surface area contributed by atoms with Gasteiger partial charge in [-0.25, -0.2) is 4.39 Å². The number of anilines is 1. The van der Waals surface area contributed by atoms with Gasteiger partial charge in [0.15, 0.2) is 4.90 Å². The van der Waals surface area contributed by atoms with Crippen LogP contribution in [0.25, 0.3) is 0 Å². The van der Waals surface area contributed by atoms with Crippen LogP contribution >= 0.6 is 0 Å². The first kappa shape index (κ1) is 17.9. The molecule has 0 heterocycles. The predicted molar refractivity (Wildman–Crippen MR) is 97.3 cm³/mol. The number of benzene rings is 2. The lowest BCUT2D eigenvalue weighted by Gasteiger charge is -2.15. The molecule has 2 N–H and O–H groups in total.